The Kier molecular flexibility index (Phi) is 6.62. The molecule has 2 amide bonds. The lowest BCUT2D eigenvalue weighted by Crippen LogP contribution is -2.47. The Morgan fingerprint density at radius 1 is 1.08 bits per heavy atom. The summed E-state index contributed by atoms with van der Waals surface area (Å²) in [7, 11) is 0. The number of hydrogen-bond donors (Lipinski definition) is 2. The lowest BCUT2D eigenvalue weighted by atomic mass is 10.3. The molecule has 0 spiro atoms. The van der Waals surface area contributed by atoms with Crippen molar-refractivity contribution in [1.29, 1.82) is 0 Å². The van der Waals surface area contributed by atoms with Crippen LogP contribution in [0.3, 0.4) is 0 Å². The van der Waals surface area contributed by atoms with E-state index >= 15 is 0 Å². The molecule has 0 unspecified atom stereocenters. The van der Waals surface area contributed by atoms with E-state index in [9.17, 15) is 4.79 Å². The number of rotatable bonds is 6. The number of hydrogen-bond acceptors (Lipinski definition) is 5. The molecule has 0 radical (unpaired) electrons. The van der Waals surface area contributed by atoms with E-state index in [4.69, 9.17) is 11.6 Å². The Hall–Kier alpha value is -2.38. The standard InChI is InChI=1S/C18H23ClN6O/c19-15-3-5-16(6-4-15)23-18(26)22-9-2-10-24-11-13-25(14-12-24)17-20-7-1-8-21-17/h1,3-8H,2,9-14H2,(H2,22,23,26). The van der Waals surface area contributed by atoms with Gasteiger partial charge in [0, 0.05) is 55.8 Å². The second-order valence-electron chi connectivity index (χ2n) is 6.12. The summed E-state index contributed by atoms with van der Waals surface area (Å²) < 4.78 is 0. The van der Waals surface area contributed by atoms with Crippen molar-refractivity contribution >= 4 is 29.3 Å². The monoisotopic (exact) mass is 374 g/mol. The third kappa shape index (κ3) is 5.57. The van der Waals surface area contributed by atoms with E-state index in [-0.39, 0.29) is 6.03 Å². The molecule has 7 nitrogen and oxygen atoms in total. The summed E-state index contributed by atoms with van der Waals surface area (Å²) in [4.78, 5) is 25.1. The molecule has 0 saturated carbocycles. The Bertz CT molecular complexity index is 689. The SMILES string of the molecule is O=C(NCCCN1CCN(c2ncccn2)CC1)Nc1ccc(Cl)cc1. The highest BCUT2D eigenvalue weighted by Gasteiger charge is 2.18. The van der Waals surface area contributed by atoms with Gasteiger partial charge in [0.2, 0.25) is 5.95 Å². The van der Waals surface area contributed by atoms with Gasteiger partial charge in [-0.1, -0.05) is 11.6 Å². The fourth-order valence-corrected chi connectivity index (χ4v) is 2.97. The number of carbonyl (C=O) groups excluding carboxylic acids is 1. The predicted octanol–water partition coefficient (Wildman–Crippen LogP) is 2.46. The van der Waals surface area contributed by atoms with E-state index in [0.717, 1.165) is 50.8 Å². The summed E-state index contributed by atoms with van der Waals surface area (Å²) in [5.41, 5.74) is 0.728. The van der Waals surface area contributed by atoms with Crippen molar-refractivity contribution in [2.75, 3.05) is 49.5 Å². The summed E-state index contributed by atoms with van der Waals surface area (Å²) in [6.45, 7) is 5.42. The van der Waals surface area contributed by atoms with Crippen LogP contribution in [0.4, 0.5) is 16.4 Å². The molecular weight excluding hydrogens is 352 g/mol. The molecule has 138 valence electrons. The molecular formula is C18H23ClN6O. The van der Waals surface area contributed by atoms with Crippen LogP contribution in [0.5, 0.6) is 0 Å². The predicted molar refractivity (Wildman–Crippen MR) is 104 cm³/mol. The van der Waals surface area contributed by atoms with Crippen molar-refractivity contribution in [2.24, 2.45) is 0 Å². The van der Waals surface area contributed by atoms with Crippen molar-refractivity contribution in [1.82, 2.24) is 20.2 Å². The van der Waals surface area contributed by atoms with Crippen LogP contribution in [0.2, 0.25) is 5.02 Å². The lowest BCUT2D eigenvalue weighted by Gasteiger charge is -2.34. The number of anilines is 2. The minimum atomic E-state index is -0.196. The van der Waals surface area contributed by atoms with E-state index in [1.165, 1.54) is 0 Å². The summed E-state index contributed by atoms with van der Waals surface area (Å²) in [6, 6.07) is 8.68. The molecule has 2 aromatic rings. The second-order valence-corrected chi connectivity index (χ2v) is 6.56. The van der Waals surface area contributed by atoms with Crippen LogP contribution in [0.25, 0.3) is 0 Å². The Morgan fingerprint density at radius 2 is 1.77 bits per heavy atom. The Morgan fingerprint density at radius 3 is 2.46 bits per heavy atom. The molecule has 0 aliphatic carbocycles. The molecule has 1 fully saturated rings. The van der Waals surface area contributed by atoms with Gasteiger partial charge < -0.3 is 15.5 Å². The van der Waals surface area contributed by atoms with Crippen molar-refractivity contribution in [2.45, 2.75) is 6.42 Å². The highest BCUT2D eigenvalue weighted by atomic mass is 35.5. The topological polar surface area (TPSA) is 73.4 Å². The lowest BCUT2D eigenvalue weighted by molar-refractivity contribution is 0.244. The second kappa shape index (κ2) is 9.35. The molecule has 1 saturated heterocycles. The molecule has 1 aromatic carbocycles. The zero-order chi connectivity index (χ0) is 18.2. The Balaban J connectivity index is 1.30. The minimum Gasteiger partial charge on any atom is -0.338 e. The normalized spacial score (nSPS) is 14.9. The van der Waals surface area contributed by atoms with Gasteiger partial charge in [-0.25, -0.2) is 14.8 Å². The van der Waals surface area contributed by atoms with Gasteiger partial charge in [0.05, 0.1) is 0 Å². The average molecular weight is 375 g/mol. The number of nitrogens with one attached hydrogen (secondary N) is 2. The molecule has 1 aliphatic heterocycles. The molecule has 26 heavy (non-hydrogen) atoms. The maximum absolute atomic E-state index is 11.9. The number of amides is 2. The largest absolute Gasteiger partial charge is 0.338 e. The van der Waals surface area contributed by atoms with Gasteiger partial charge in [-0.2, -0.15) is 0 Å². The molecule has 2 heterocycles. The van der Waals surface area contributed by atoms with Gasteiger partial charge in [-0.05, 0) is 43.3 Å². The van der Waals surface area contributed by atoms with Crippen LogP contribution in [0, 0.1) is 0 Å². The van der Waals surface area contributed by atoms with Crippen molar-refractivity contribution in [3.05, 3.63) is 47.7 Å². The number of aromatic nitrogens is 2. The molecule has 1 aliphatic rings. The molecule has 0 atom stereocenters. The van der Waals surface area contributed by atoms with Gasteiger partial charge in [0.25, 0.3) is 0 Å². The number of carbonyl (C=O) groups is 1. The zero-order valence-electron chi connectivity index (χ0n) is 14.6. The summed E-state index contributed by atoms with van der Waals surface area (Å²) >= 11 is 5.83. The van der Waals surface area contributed by atoms with Crippen molar-refractivity contribution in [3.8, 4) is 0 Å². The molecule has 8 heteroatoms. The minimum absolute atomic E-state index is 0.196. The molecule has 1 aromatic heterocycles. The first kappa shape index (κ1) is 18.4. The van der Waals surface area contributed by atoms with Gasteiger partial charge >= 0.3 is 6.03 Å². The summed E-state index contributed by atoms with van der Waals surface area (Å²) in [5, 5.41) is 6.32. The first-order valence-corrected chi connectivity index (χ1v) is 9.13. The fraction of sp³-hybridized carbons (Fsp3) is 0.389. The summed E-state index contributed by atoms with van der Waals surface area (Å²) in [5.74, 6) is 0.799. The number of nitrogens with zero attached hydrogens (tertiary/aromatic N) is 4. The van der Waals surface area contributed by atoms with E-state index in [1.54, 1.807) is 36.7 Å². The first-order valence-electron chi connectivity index (χ1n) is 8.75. The maximum Gasteiger partial charge on any atom is 0.319 e. The van der Waals surface area contributed by atoms with Crippen LogP contribution < -0.4 is 15.5 Å². The molecule has 3 rings (SSSR count). The van der Waals surface area contributed by atoms with Crippen LogP contribution in [0.15, 0.2) is 42.7 Å². The van der Waals surface area contributed by atoms with Crippen molar-refractivity contribution in [3.63, 3.8) is 0 Å². The van der Waals surface area contributed by atoms with Crippen LogP contribution in [-0.2, 0) is 0 Å². The third-order valence-corrected chi connectivity index (χ3v) is 4.50. The maximum atomic E-state index is 11.9. The number of piperazine rings is 1. The molecule has 2 N–H and O–H groups in total. The van der Waals surface area contributed by atoms with E-state index < -0.39 is 0 Å². The van der Waals surface area contributed by atoms with Crippen LogP contribution in [0.1, 0.15) is 6.42 Å². The first-order chi connectivity index (χ1) is 12.7. The zero-order valence-corrected chi connectivity index (χ0v) is 15.3. The van der Waals surface area contributed by atoms with Gasteiger partial charge in [-0.15, -0.1) is 0 Å². The van der Waals surface area contributed by atoms with Crippen LogP contribution >= 0.6 is 11.6 Å². The number of benzene rings is 1. The summed E-state index contributed by atoms with van der Waals surface area (Å²) in [6.07, 6.45) is 4.46. The molecule has 0 bridgehead atoms. The number of halogens is 1. The third-order valence-electron chi connectivity index (χ3n) is 4.25. The van der Waals surface area contributed by atoms with E-state index in [1.807, 2.05) is 6.07 Å². The number of urea groups is 1. The highest BCUT2D eigenvalue weighted by Crippen LogP contribution is 2.13. The smallest absolute Gasteiger partial charge is 0.319 e. The van der Waals surface area contributed by atoms with Gasteiger partial charge in [0.1, 0.15) is 0 Å². The average Bonchev–Trinajstić information content (AvgIpc) is 2.68. The van der Waals surface area contributed by atoms with E-state index in [0.29, 0.717) is 11.6 Å². The van der Waals surface area contributed by atoms with Gasteiger partial charge in [-0.3, -0.25) is 4.90 Å². The van der Waals surface area contributed by atoms with E-state index in [2.05, 4.69) is 30.4 Å². The fourth-order valence-electron chi connectivity index (χ4n) is 2.84. The van der Waals surface area contributed by atoms with Crippen LogP contribution in [-0.4, -0.2) is 60.2 Å². The quantitative estimate of drug-likeness (QED) is 0.760. The Labute approximate surface area is 158 Å². The highest BCUT2D eigenvalue weighted by molar-refractivity contribution is 6.30. The van der Waals surface area contributed by atoms with Gasteiger partial charge in [0.15, 0.2) is 0 Å². The van der Waals surface area contributed by atoms with Crippen molar-refractivity contribution < 1.29 is 4.79 Å².